The number of hydrogen-bond donors (Lipinski definition) is 1. The van der Waals surface area contributed by atoms with Crippen LogP contribution in [0.5, 0.6) is 0 Å². The van der Waals surface area contributed by atoms with Gasteiger partial charge in [-0.15, -0.1) is 0 Å². The Balaban J connectivity index is 1.75. The van der Waals surface area contributed by atoms with Crippen molar-refractivity contribution in [3.63, 3.8) is 0 Å². The number of rotatable bonds is 5. The van der Waals surface area contributed by atoms with Crippen molar-refractivity contribution >= 4 is 23.2 Å². The van der Waals surface area contributed by atoms with Crippen molar-refractivity contribution in [2.75, 3.05) is 18.4 Å². The van der Waals surface area contributed by atoms with E-state index in [4.69, 9.17) is 0 Å². The molecule has 0 radical (unpaired) electrons. The Kier molecular flexibility index (Phi) is 5.80. The van der Waals surface area contributed by atoms with E-state index in [1.807, 2.05) is 0 Å². The molecule has 2 aromatic rings. The van der Waals surface area contributed by atoms with Crippen molar-refractivity contribution in [3.8, 4) is 0 Å². The topological polar surface area (TPSA) is 92.5 Å². The highest BCUT2D eigenvalue weighted by atomic mass is 16.6. The van der Waals surface area contributed by atoms with Gasteiger partial charge in [0, 0.05) is 24.7 Å². The Morgan fingerprint density at radius 1 is 1.00 bits per heavy atom. The van der Waals surface area contributed by atoms with E-state index in [0.29, 0.717) is 16.8 Å². The van der Waals surface area contributed by atoms with Gasteiger partial charge in [-0.05, 0) is 31.4 Å². The molecule has 0 saturated carbocycles. The van der Waals surface area contributed by atoms with Gasteiger partial charge in [0.2, 0.25) is 5.91 Å². The molecule has 1 aliphatic rings. The number of benzene rings is 2. The highest BCUT2D eigenvalue weighted by molar-refractivity contribution is 6.04. The molecule has 2 amide bonds. The number of anilines is 1. The Bertz CT molecular complexity index is 860. The van der Waals surface area contributed by atoms with Crippen LogP contribution in [0, 0.1) is 10.1 Å². The monoisotopic (exact) mass is 367 g/mol. The molecule has 2 aromatic carbocycles. The maximum Gasteiger partial charge on any atom is 0.273 e. The molecule has 1 heterocycles. The average molecular weight is 367 g/mol. The first-order valence-electron chi connectivity index (χ1n) is 8.96. The predicted molar refractivity (Wildman–Crippen MR) is 102 cm³/mol. The summed E-state index contributed by atoms with van der Waals surface area (Å²) in [5.41, 5.74) is 1.11. The lowest BCUT2D eigenvalue weighted by atomic mass is 10.1. The first kappa shape index (κ1) is 18.6. The van der Waals surface area contributed by atoms with E-state index >= 15 is 0 Å². The van der Waals surface area contributed by atoms with E-state index < -0.39 is 10.8 Å². The number of amides is 2. The number of piperidine rings is 1. The van der Waals surface area contributed by atoms with Crippen LogP contribution in [-0.2, 0) is 11.2 Å². The van der Waals surface area contributed by atoms with Crippen LogP contribution in [0.3, 0.4) is 0 Å². The van der Waals surface area contributed by atoms with Crippen LogP contribution in [0.4, 0.5) is 11.4 Å². The lowest BCUT2D eigenvalue weighted by Crippen LogP contribution is -2.36. The second-order valence-corrected chi connectivity index (χ2v) is 6.51. The summed E-state index contributed by atoms with van der Waals surface area (Å²) < 4.78 is 0. The molecule has 0 aromatic heterocycles. The Labute approximate surface area is 157 Å². The van der Waals surface area contributed by atoms with Gasteiger partial charge in [-0.3, -0.25) is 19.7 Å². The number of carbonyl (C=O) groups excluding carboxylic acids is 2. The highest BCUT2D eigenvalue weighted by Gasteiger charge is 2.22. The third kappa shape index (κ3) is 4.49. The molecule has 0 spiro atoms. The minimum atomic E-state index is -0.504. The van der Waals surface area contributed by atoms with Gasteiger partial charge in [-0.25, -0.2) is 0 Å². The first-order chi connectivity index (χ1) is 13.1. The molecular weight excluding hydrogens is 346 g/mol. The SMILES string of the molecule is O=C(Cc1ccccc1[N+](=O)[O-])Nc1ccccc1C(=O)N1CCCCC1. The number of likely N-dealkylation sites (tertiary alicyclic amines) is 1. The van der Waals surface area contributed by atoms with Crippen molar-refractivity contribution in [1.29, 1.82) is 0 Å². The fourth-order valence-electron chi connectivity index (χ4n) is 3.25. The molecule has 0 unspecified atom stereocenters. The van der Waals surface area contributed by atoms with E-state index in [1.54, 1.807) is 47.4 Å². The summed E-state index contributed by atoms with van der Waals surface area (Å²) in [4.78, 5) is 37.6. The molecule has 0 atom stereocenters. The van der Waals surface area contributed by atoms with Gasteiger partial charge in [0.05, 0.1) is 22.6 Å². The quantitative estimate of drug-likeness (QED) is 0.647. The number of carbonyl (C=O) groups is 2. The number of nitro benzene ring substituents is 1. The molecule has 7 nitrogen and oxygen atoms in total. The van der Waals surface area contributed by atoms with Crippen LogP contribution in [0.25, 0.3) is 0 Å². The van der Waals surface area contributed by atoms with E-state index in [9.17, 15) is 19.7 Å². The van der Waals surface area contributed by atoms with Crippen LogP contribution in [-0.4, -0.2) is 34.7 Å². The second kappa shape index (κ2) is 8.44. The van der Waals surface area contributed by atoms with Crippen LogP contribution in [0.1, 0.15) is 35.2 Å². The van der Waals surface area contributed by atoms with Gasteiger partial charge < -0.3 is 10.2 Å². The van der Waals surface area contributed by atoms with E-state index in [2.05, 4.69) is 5.32 Å². The molecule has 27 heavy (non-hydrogen) atoms. The molecule has 140 valence electrons. The van der Waals surface area contributed by atoms with Gasteiger partial charge >= 0.3 is 0 Å². The van der Waals surface area contributed by atoms with Gasteiger partial charge in [-0.2, -0.15) is 0 Å². The summed E-state index contributed by atoms with van der Waals surface area (Å²) in [6.45, 7) is 1.44. The van der Waals surface area contributed by atoms with Crippen molar-refractivity contribution < 1.29 is 14.5 Å². The molecule has 1 N–H and O–H groups in total. The number of nitrogens with one attached hydrogen (secondary N) is 1. The molecule has 0 aliphatic carbocycles. The van der Waals surface area contributed by atoms with Gasteiger partial charge in [0.25, 0.3) is 11.6 Å². The molecule has 7 heteroatoms. The van der Waals surface area contributed by atoms with Crippen molar-refractivity contribution in [1.82, 2.24) is 4.90 Å². The number of nitro groups is 1. The summed E-state index contributed by atoms with van der Waals surface area (Å²) in [5.74, 6) is -0.500. The minimum absolute atomic E-state index is 0.0923. The minimum Gasteiger partial charge on any atom is -0.339 e. The van der Waals surface area contributed by atoms with Gasteiger partial charge in [-0.1, -0.05) is 30.3 Å². The number of hydrogen-bond acceptors (Lipinski definition) is 4. The Morgan fingerprint density at radius 2 is 1.67 bits per heavy atom. The normalized spacial score (nSPS) is 13.9. The lowest BCUT2D eigenvalue weighted by Gasteiger charge is -2.27. The third-order valence-corrected chi connectivity index (χ3v) is 4.61. The second-order valence-electron chi connectivity index (χ2n) is 6.51. The lowest BCUT2D eigenvalue weighted by molar-refractivity contribution is -0.385. The van der Waals surface area contributed by atoms with Crippen LogP contribution < -0.4 is 5.32 Å². The van der Waals surface area contributed by atoms with Crippen LogP contribution in [0.15, 0.2) is 48.5 Å². The molecule has 1 fully saturated rings. The maximum atomic E-state index is 12.8. The first-order valence-corrected chi connectivity index (χ1v) is 8.96. The van der Waals surface area contributed by atoms with E-state index in [0.717, 1.165) is 32.4 Å². The molecule has 3 rings (SSSR count). The fraction of sp³-hybridized carbons (Fsp3) is 0.300. The smallest absolute Gasteiger partial charge is 0.273 e. The highest BCUT2D eigenvalue weighted by Crippen LogP contribution is 2.22. The summed E-state index contributed by atoms with van der Waals surface area (Å²) >= 11 is 0. The van der Waals surface area contributed by atoms with E-state index in [1.165, 1.54) is 6.07 Å². The molecular formula is C20H21N3O4. The summed E-state index contributed by atoms with van der Waals surface area (Å²) in [6.07, 6.45) is 2.96. The van der Waals surface area contributed by atoms with Gasteiger partial charge in [0.1, 0.15) is 0 Å². The van der Waals surface area contributed by atoms with Crippen LogP contribution in [0.2, 0.25) is 0 Å². The van der Waals surface area contributed by atoms with Crippen molar-refractivity contribution in [3.05, 3.63) is 69.8 Å². The maximum absolute atomic E-state index is 12.8. The zero-order valence-electron chi connectivity index (χ0n) is 14.9. The molecule has 0 bridgehead atoms. The van der Waals surface area contributed by atoms with Crippen molar-refractivity contribution in [2.24, 2.45) is 0 Å². The zero-order chi connectivity index (χ0) is 19.2. The zero-order valence-corrected chi connectivity index (χ0v) is 14.9. The van der Waals surface area contributed by atoms with Crippen LogP contribution >= 0.6 is 0 Å². The van der Waals surface area contributed by atoms with E-state index in [-0.39, 0.29) is 18.0 Å². The predicted octanol–water partition coefficient (Wildman–Crippen LogP) is 3.40. The number of nitrogens with zero attached hydrogens (tertiary/aromatic N) is 2. The summed E-state index contributed by atoms with van der Waals surface area (Å²) in [7, 11) is 0. The van der Waals surface area contributed by atoms with Crippen molar-refractivity contribution in [2.45, 2.75) is 25.7 Å². The number of para-hydroxylation sites is 2. The third-order valence-electron chi connectivity index (χ3n) is 4.61. The Morgan fingerprint density at radius 3 is 2.41 bits per heavy atom. The molecule has 1 saturated heterocycles. The van der Waals surface area contributed by atoms with Gasteiger partial charge in [0.15, 0.2) is 0 Å². The molecule has 1 aliphatic heterocycles. The average Bonchev–Trinajstić information content (AvgIpc) is 2.69. The summed E-state index contributed by atoms with van der Waals surface area (Å²) in [5, 5.41) is 13.8. The largest absolute Gasteiger partial charge is 0.339 e. The summed E-state index contributed by atoms with van der Waals surface area (Å²) in [6, 6.07) is 13.0. The standard InChI is InChI=1S/C20H21N3O4/c24-19(14-15-8-2-5-11-18(15)23(26)27)21-17-10-4-3-9-16(17)20(25)22-12-6-1-7-13-22/h2-5,8-11H,1,6-7,12-14H2,(H,21,24). The Hall–Kier alpha value is -3.22. The fourth-order valence-corrected chi connectivity index (χ4v) is 3.25.